The van der Waals surface area contributed by atoms with Crippen molar-refractivity contribution in [3.05, 3.63) is 24.3 Å². The smallest absolute Gasteiger partial charge is 0.222 e. The molecule has 0 radical (unpaired) electrons. The molecule has 1 N–H and O–H groups in total. The molecule has 1 unspecified atom stereocenters. The van der Waals surface area contributed by atoms with E-state index < -0.39 is 6.10 Å². The minimum absolute atomic E-state index is 0.135. The second-order valence-corrected chi connectivity index (χ2v) is 5.43. The third kappa shape index (κ3) is 4.11. The largest absolute Gasteiger partial charge is 0.495 e. The van der Waals surface area contributed by atoms with E-state index in [1.54, 1.807) is 14.0 Å². The topological polar surface area (TPSA) is 53.0 Å². The Kier molecular flexibility index (Phi) is 5.44. The average Bonchev–Trinajstić information content (AvgIpc) is 2.52. The number of ether oxygens (including phenoxy) is 1. The molecule has 1 aliphatic rings. The Morgan fingerprint density at radius 2 is 1.95 bits per heavy atom. The average molecular weight is 292 g/mol. The summed E-state index contributed by atoms with van der Waals surface area (Å²) >= 11 is 0. The number of hydrogen-bond donors (Lipinski definition) is 1. The van der Waals surface area contributed by atoms with Crippen LogP contribution in [0.15, 0.2) is 24.3 Å². The number of para-hydroxylation sites is 2. The fourth-order valence-corrected chi connectivity index (χ4v) is 2.58. The van der Waals surface area contributed by atoms with Gasteiger partial charge in [0.1, 0.15) is 5.75 Å². The lowest BCUT2D eigenvalue weighted by molar-refractivity contribution is -0.132. The van der Waals surface area contributed by atoms with Crippen LogP contribution in [0.2, 0.25) is 0 Å². The van der Waals surface area contributed by atoms with Gasteiger partial charge in [0, 0.05) is 32.6 Å². The molecule has 5 heteroatoms. The van der Waals surface area contributed by atoms with Crippen LogP contribution in [0.5, 0.6) is 5.75 Å². The Bertz CT molecular complexity index is 468. The Balaban J connectivity index is 1.89. The molecule has 1 saturated heterocycles. The predicted molar refractivity (Wildman–Crippen MR) is 82.7 cm³/mol. The highest BCUT2D eigenvalue weighted by Gasteiger charge is 2.22. The van der Waals surface area contributed by atoms with E-state index in [0.717, 1.165) is 37.6 Å². The predicted octanol–water partition coefficient (Wildman–Crippen LogP) is 1.50. The first-order valence-electron chi connectivity index (χ1n) is 7.45. The molecule has 0 aromatic heterocycles. The summed E-state index contributed by atoms with van der Waals surface area (Å²) in [4.78, 5) is 16.2. The lowest BCUT2D eigenvalue weighted by atomic mass is 10.2. The van der Waals surface area contributed by atoms with Gasteiger partial charge in [0.2, 0.25) is 5.91 Å². The van der Waals surface area contributed by atoms with E-state index >= 15 is 0 Å². The molecular formula is C16H24N2O3. The van der Waals surface area contributed by atoms with Gasteiger partial charge in [0.25, 0.3) is 0 Å². The number of aliphatic hydroxyl groups is 1. The SMILES string of the molecule is COc1ccccc1N1CCN(C(=O)CCC(C)O)CC1. The number of benzene rings is 1. The number of piperazine rings is 1. The highest BCUT2D eigenvalue weighted by Crippen LogP contribution is 2.28. The molecule has 5 nitrogen and oxygen atoms in total. The molecule has 1 heterocycles. The van der Waals surface area contributed by atoms with Crippen molar-refractivity contribution in [3.8, 4) is 5.75 Å². The molecule has 1 amide bonds. The van der Waals surface area contributed by atoms with E-state index in [9.17, 15) is 9.90 Å². The second-order valence-electron chi connectivity index (χ2n) is 5.43. The van der Waals surface area contributed by atoms with Crippen molar-refractivity contribution in [3.63, 3.8) is 0 Å². The van der Waals surface area contributed by atoms with E-state index in [1.165, 1.54) is 0 Å². The van der Waals surface area contributed by atoms with Crippen LogP contribution in [0.3, 0.4) is 0 Å². The van der Waals surface area contributed by atoms with Crippen LogP contribution in [-0.2, 0) is 4.79 Å². The molecule has 2 rings (SSSR count). The molecule has 21 heavy (non-hydrogen) atoms. The van der Waals surface area contributed by atoms with Gasteiger partial charge in [-0.15, -0.1) is 0 Å². The lowest BCUT2D eigenvalue weighted by Crippen LogP contribution is -2.48. The molecule has 0 aliphatic carbocycles. The molecule has 1 aromatic carbocycles. The lowest BCUT2D eigenvalue weighted by Gasteiger charge is -2.36. The maximum atomic E-state index is 12.0. The Labute approximate surface area is 126 Å². The maximum Gasteiger partial charge on any atom is 0.222 e. The molecule has 1 atom stereocenters. The summed E-state index contributed by atoms with van der Waals surface area (Å²) in [6.45, 7) is 4.77. The van der Waals surface area contributed by atoms with Crippen molar-refractivity contribution in [1.82, 2.24) is 4.90 Å². The molecule has 0 bridgehead atoms. The molecule has 116 valence electrons. The minimum Gasteiger partial charge on any atom is -0.495 e. The van der Waals surface area contributed by atoms with Gasteiger partial charge in [-0.1, -0.05) is 12.1 Å². The summed E-state index contributed by atoms with van der Waals surface area (Å²) in [6.07, 6.45) is 0.543. The van der Waals surface area contributed by atoms with Crippen molar-refractivity contribution in [2.24, 2.45) is 0 Å². The number of carbonyl (C=O) groups is 1. The standard InChI is InChI=1S/C16H24N2O3/c1-13(19)7-8-16(20)18-11-9-17(10-12-18)14-5-3-4-6-15(14)21-2/h3-6,13,19H,7-12H2,1-2H3. The number of nitrogens with zero attached hydrogens (tertiary/aromatic N) is 2. The van der Waals surface area contributed by atoms with Gasteiger partial charge in [-0.2, -0.15) is 0 Å². The number of anilines is 1. The maximum absolute atomic E-state index is 12.0. The monoisotopic (exact) mass is 292 g/mol. The summed E-state index contributed by atoms with van der Waals surface area (Å²) in [5.41, 5.74) is 1.08. The zero-order valence-corrected chi connectivity index (χ0v) is 12.8. The molecule has 0 spiro atoms. The van der Waals surface area contributed by atoms with Crippen LogP contribution < -0.4 is 9.64 Å². The number of carbonyl (C=O) groups excluding carboxylic acids is 1. The van der Waals surface area contributed by atoms with Gasteiger partial charge < -0.3 is 19.6 Å². The quantitative estimate of drug-likeness (QED) is 0.893. The fraction of sp³-hybridized carbons (Fsp3) is 0.562. The van der Waals surface area contributed by atoms with Crippen LogP contribution in [0.4, 0.5) is 5.69 Å². The Morgan fingerprint density at radius 1 is 1.29 bits per heavy atom. The summed E-state index contributed by atoms with van der Waals surface area (Å²) in [7, 11) is 1.68. The molecule has 0 saturated carbocycles. The van der Waals surface area contributed by atoms with Crippen molar-refractivity contribution in [2.45, 2.75) is 25.9 Å². The second kappa shape index (κ2) is 7.31. The first-order chi connectivity index (χ1) is 10.1. The van der Waals surface area contributed by atoms with Crippen LogP contribution >= 0.6 is 0 Å². The zero-order valence-electron chi connectivity index (χ0n) is 12.8. The van der Waals surface area contributed by atoms with E-state index in [-0.39, 0.29) is 5.91 Å². The molecule has 1 aromatic rings. The van der Waals surface area contributed by atoms with Gasteiger partial charge in [0.15, 0.2) is 0 Å². The first-order valence-corrected chi connectivity index (χ1v) is 7.45. The van der Waals surface area contributed by atoms with Crippen LogP contribution in [0, 0.1) is 0 Å². The van der Waals surface area contributed by atoms with Crippen molar-refractivity contribution in [1.29, 1.82) is 0 Å². The van der Waals surface area contributed by atoms with Gasteiger partial charge in [-0.25, -0.2) is 0 Å². The zero-order chi connectivity index (χ0) is 15.2. The summed E-state index contributed by atoms with van der Waals surface area (Å²) in [5, 5.41) is 9.26. The van der Waals surface area contributed by atoms with Gasteiger partial charge in [0.05, 0.1) is 18.9 Å². The van der Waals surface area contributed by atoms with Crippen molar-refractivity contribution >= 4 is 11.6 Å². The summed E-state index contributed by atoms with van der Waals surface area (Å²) in [6, 6.07) is 7.95. The van der Waals surface area contributed by atoms with Crippen molar-refractivity contribution < 1.29 is 14.6 Å². The van der Waals surface area contributed by atoms with Gasteiger partial charge in [-0.3, -0.25) is 4.79 Å². The third-order valence-electron chi connectivity index (χ3n) is 3.83. The van der Waals surface area contributed by atoms with Crippen LogP contribution in [0.1, 0.15) is 19.8 Å². The molecule has 1 fully saturated rings. The van der Waals surface area contributed by atoms with Crippen molar-refractivity contribution in [2.75, 3.05) is 38.2 Å². The van der Waals surface area contributed by atoms with E-state index in [1.807, 2.05) is 29.2 Å². The number of rotatable bonds is 5. The van der Waals surface area contributed by atoms with Gasteiger partial charge >= 0.3 is 0 Å². The normalized spacial score (nSPS) is 16.7. The van der Waals surface area contributed by atoms with E-state index in [0.29, 0.717) is 12.8 Å². The number of amides is 1. The van der Waals surface area contributed by atoms with E-state index in [4.69, 9.17) is 4.74 Å². The fourth-order valence-electron chi connectivity index (χ4n) is 2.58. The van der Waals surface area contributed by atoms with Crippen LogP contribution in [-0.4, -0.2) is 55.3 Å². The summed E-state index contributed by atoms with van der Waals surface area (Å²) < 4.78 is 5.39. The highest BCUT2D eigenvalue weighted by atomic mass is 16.5. The number of hydrogen-bond acceptors (Lipinski definition) is 4. The molecule has 1 aliphatic heterocycles. The molecular weight excluding hydrogens is 268 g/mol. The Morgan fingerprint density at radius 3 is 2.57 bits per heavy atom. The van der Waals surface area contributed by atoms with E-state index in [2.05, 4.69) is 4.90 Å². The van der Waals surface area contributed by atoms with Gasteiger partial charge in [-0.05, 0) is 25.5 Å². The minimum atomic E-state index is -0.413. The number of methoxy groups -OCH3 is 1. The third-order valence-corrected chi connectivity index (χ3v) is 3.83. The summed E-state index contributed by atoms with van der Waals surface area (Å²) in [5.74, 6) is 1.00. The number of aliphatic hydroxyl groups excluding tert-OH is 1. The highest BCUT2D eigenvalue weighted by molar-refractivity contribution is 5.76. The Hall–Kier alpha value is -1.75. The first kappa shape index (κ1) is 15.6. The van der Waals surface area contributed by atoms with Crippen LogP contribution in [0.25, 0.3) is 0 Å².